The van der Waals surface area contributed by atoms with Gasteiger partial charge in [-0.15, -0.1) is 0 Å². The molecule has 0 spiro atoms. The maximum Gasteiger partial charge on any atom is 0.307 e. The summed E-state index contributed by atoms with van der Waals surface area (Å²) in [6.07, 6.45) is -0.872. The highest BCUT2D eigenvalue weighted by molar-refractivity contribution is 5.87. The van der Waals surface area contributed by atoms with Gasteiger partial charge < -0.3 is 4.74 Å². The van der Waals surface area contributed by atoms with Gasteiger partial charge >= 0.3 is 5.97 Å². The van der Waals surface area contributed by atoms with Crippen molar-refractivity contribution >= 4 is 17.4 Å². The predicted octanol–water partition coefficient (Wildman–Crippen LogP) is 1.79. The van der Waals surface area contributed by atoms with Crippen LogP contribution >= 0.6 is 0 Å². The molecule has 1 saturated heterocycles. The summed E-state index contributed by atoms with van der Waals surface area (Å²) in [7, 11) is 0. The summed E-state index contributed by atoms with van der Waals surface area (Å²) < 4.78 is 5.05. The van der Waals surface area contributed by atoms with Crippen LogP contribution in [0.2, 0.25) is 0 Å². The Morgan fingerprint density at radius 2 is 2.11 bits per heavy atom. The smallest absolute Gasteiger partial charge is 0.307 e. The fourth-order valence-electron chi connectivity index (χ4n) is 2.09. The van der Waals surface area contributed by atoms with Crippen LogP contribution < -0.4 is 0 Å². The number of benzene rings is 1. The fourth-order valence-corrected chi connectivity index (χ4v) is 2.09. The minimum Gasteiger partial charge on any atom is -0.456 e. The number of carbonyl (C=O) groups is 2. The lowest BCUT2D eigenvalue weighted by Gasteiger charge is -2.15. The SMILES string of the molecule is CC(=O)[C@H]1CC(=O)O[C@@H]1c1ccccc1[N+](=O)[O-]. The normalized spacial score (nSPS) is 22.6. The van der Waals surface area contributed by atoms with Crippen LogP contribution in [0.15, 0.2) is 24.3 Å². The lowest BCUT2D eigenvalue weighted by atomic mass is 9.91. The average molecular weight is 249 g/mol. The zero-order chi connectivity index (χ0) is 13.3. The van der Waals surface area contributed by atoms with Gasteiger partial charge in [0.25, 0.3) is 5.69 Å². The second-order valence-corrected chi connectivity index (χ2v) is 4.15. The third-order valence-electron chi connectivity index (χ3n) is 2.97. The van der Waals surface area contributed by atoms with Crippen LogP contribution in [0, 0.1) is 16.0 Å². The highest BCUT2D eigenvalue weighted by Gasteiger charge is 2.41. The molecule has 0 unspecified atom stereocenters. The highest BCUT2D eigenvalue weighted by atomic mass is 16.6. The van der Waals surface area contributed by atoms with E-state index in [1.807, 2.05) is 0 Å². The minimum atomic E-state index is -0.850. The van der Waals surface area contributed by atoms with Crippen molar-refractivity contribution < 1.29 is 19.2 Å². The first kappa shape index (κ1) is 12.2. The van der Waals surface area contributed by atoms with Crippen molar-refractivity contribution in [3.8, 4) is 0 Å². The summed E-state index contributed by atoms with van der Waals surface area (Å²) in [5.41, 5.74) is 0.136. The van der Waals surface area contributed by atoms with E-state index >= 15 is 0 Å². The molecular weight excluding hydrogens is 238 g/mol. The maximum absolute atomic E-state index is 11.5. The number of ether oxygens (including phenoxy) is 1. The molecule has 1 aliphatic heterocycles. The lowest BCUT2D eigenvalue weighted by molar-refractivity contribution is -0.386. The molecule has 0 aliphatic carbocycles. The molecule has 2 atom stereocenters. The van der Waals surface area contributed by atoms with E-state index < -0.39 is 22.9 Å². The Kier molecular flexibility index (Phi) is 3.10. The monoisotopic (exact) mass is 249 g/mol. The highest BCUT2D eigenvalue weighted by Crippen LogP contribution is 2.39. The number of cyclic esters (lactones) is 1. The Hall–Kier alpha value is -2.24. The molecule has 1 aromatic carbocycles. The maximum atomic E-state index is 11.5. The van der Waals surface area contributed by atoms with Gasteiger partial charge in [-0.3, -0.25) is 19.7 Å². The first-order chi connectivity index (χ1) is 8.50. The number of nitrogens with zero attached hydrogens (tertiary/aromatic N) is 1. The van der Waals surface area contributed by atoms with Crippen molar-refractivity contribution in [1.29, 1.82) is 0 Å². The van der Waals surface area contributed by atoms with Crippen LogP contribution in [0.1, 0.15) is 25.0 Å². The van der Waals surface area contributed by atoms with E-state index in [2.05, 4.69) is 0 Å². The van der Waals surface area contributed by atoms with Gasteiger partial charge in [0, 0.05) is 6.07 Å². The van der Waals surface area contributed by atoms with Crippen LogP contribution in [-0.4, -0.2) is 16.7 Å². The number of nitro groups is 1. The summed E-state index contributed by atoms with van der Waals surface area (Å²) in [6.45, 7) is 1.36. The molecule has 0 saturated carbocycles. The van der Waals surface area contributed by atoms with Crippen molar-refractivity contribution in [1.82, 2.24) is 0 Å². The second kappa shape index (κ2) is 4.56. The first-order valence-electron chi connectivity index (χ1n) is 5.44. The molecule has 0 aromatic heterocycles. The third kappa shape index (κ3) is 2.09. The number of Topliss-reactive ketones (excluding diaryl/α,β-unsaturated/α-hetero) is 1. The molecule has 1 aliphatic rings. The van der Waals surface area contributed by atoms with Crippen LogP contribution in [0.5, 0.6) is 0 Å². The summed E-state index contributed by atoms with van der Waals surface area (Å²) >= 11 is 0. The molecule has 6 nitrogen and oxygen atoms in total. The number of hydrogen-bond donors (Lipinski definition) is 0. The van der Waals surface area contributed by atoms with E-state index in [-0.39, 0.29) is 23.5 Å². The number of carbonyl (C=O) groups excluding carboxylic acids is 2. The molecule has 0 radical (unpaired) electrons. The zero-order valence-corrected chi connectivity index (χ0v) is 9.66. The number of nitro benzene ring substituents is 1. The molecule has 1 aromatic rings. The first-order valence-corrected chi connectivity index (χ1v) is 5.44. The molecule has 0 bridgehead atoms. The van der Waals surface area contributed by atoms with Gasteiger partial charge in [-0.1, -0.05) is 12.1 Å². The zero-order valence-electron chi connectivity index (χ0n) is 9.66. The van der Waals surface area contributed by atoms with E-state index in [1.54, 1.807) is 6.07 Å². The molecular formula is C12H11NO5. The average Bonchev–Trinajstić information content (AvgIpc) is 2.71. The number of ketones is 1. The van der Waals surface area contributed by atoms with E-state index in [0.29, 0.717) is 0 Å². The van der Waals surface area contributed by atoms with Gasteiger partial charge in [0.05, 0.1) is 22.8 Å². The molecule has 94 valence electrons. The Morgan fingerprint density at radius 1 is 1.44 bits per heavy atom. The summed E-state index contributed by atoms with van der Waals surface area (Å²) in [5.74, 6) is -1.35. The summed E-state index contributed by atoms with van der Waals surface area (Å²) in [5, 5.41) is 10.9. The Balaban J connectivity index is 2.44. The second-order valence-electron chi connectivity index (χ2n) is 4.15. The van der Waals surface area contributed by atoms with Crippen LogP contribution in [0.3, 0.4) is 0 Å². The van der Waals surface area contributed by atoms with Crippen molar-refractivity contribution in [3.63, 3.8) is 0 Å². The number of rotatable bonds is 3. The number of hydrogen-bond acceptors (Lipinski definition) is 5. The van der Waals surface area contributed by atoms with Crippen molar-refractivity contribution in [2.75, 3.05) is 0 Å². The van der Waals surface area contributed by atoms with Crippen molar-refractivity contribution in [2.45, 2.75) is 19.4 Å². The van der Waals surface area contributed by atoms with Gasteiger partial charge in [-0.25, -0.2) is 0 Å². The van der Waals surface area contributed by atoms with Gasteiger partial charge in [0.15, 0.2) is 0 Å². The summed E-state index contributed by atoms with van der Waals surface area (Å²) in [6, 6.07) is 5.99. The number of para-hydroxylation sites is 1. The summed E-state index contributed by atoms with van der Waals surface area (Å²) in [4.78, 5) is 33.1. The van der Waals surface area contributed by atoms with Gasteiger partial charge in [0.1, 0.15) is 11.9 Å². The third-order valence-corrected chi connectivity index (χ3v) is 2.97. The molecule has 18 heavy (non-hydrogen) atoms. The van der Waals surface area contributed by atoms with Gasteiger partial charge in [0.2, 0.25) is 0 Å². The molecule has 6 heteroatoms. The van der Waals surface area contributed by atoms with E-state index in [4.69, 9.17) is 4.74 Å². The van der Waals surface area contributed by atoms with E-state index in [1.165, 1.54) is 25.1 Å². The van der Waals surface area contributed by atoms with Crippen LogP contribution in [0.25, 0.3) is 0 Å². The Morgan fingerprint density at radius 3 is 2.72 bits per heavy atom. The predicted molar refractivity (Wildman–Crippen MR) is 60.7 cm³/mol. The molecule has 0 N–H and O–H groups in total. The topological polar surface area (TPSA) is 86.5 Å². The van der Waals surface area contributed by atoms with Crippen LogP contribution in [-0.2, 0) is 14.3 Å². The standard InChI is InChI=1S/C12H11NO5/c1-7(14)9-6-11(15)18-12(9)8-4-2-3-5-10(8)13(16)17/h2-5,9,12H,6H2,1H3/t9-,12-/m1/s1. The van der Waals surface area contributed by atoms with Crippen molar-refractivity contribution in [2.24, 2.45) is 5.92 Å². The quantitative estimate of drug-likeness (QED) is 0.463. The number of esters is 1. The Bertz CT molecular complexity index is 525. The van der Waals surface area contributed by atoms with Gasteiger partial charge in [-0.2, -0.15) is 0 Å². The van der Waals surface area contributed by atoms with E-state index in [0.717, 1.165) is 0 Å². The van der Waals surface area contributed by atoms with Crippen molar-refractivity contribution in [3.05, 3.63) is 39.9 Å². The largest absolute Gasteiger partial charge is 0.456 e. The van der Waals surface area contributed by atoms with Crippen LogP contribution in [0.4, 0.5) is 5.69 Å². The molecule has 2 rings (SSSR count). The van der Waals surface area contributed by atoms with Gasteiger partial charge in [-0.05, 0) is 13.0 Å². The van der Waals surface area contributed by atoms with E-state index in [9.17, 15) is 19.7 Å². The fraction of sp³-hybridized carbons (Fsp3) is 0.333. The Labute approximate surface area is 103 Å². The lowest BCUT2D eigenvalue weighted by Crippen LogP contribution is -2.16. The molecule has 0 amide bonds. The molecule has 1 fully saturated rings. The molecule has 1 heterocycles. The minimum absolute atomic E-state index is 0.0218.